The minimum Gasteiger partial charge on any atom is -0.449 e. The van der Waals surface area contributed by atoms with E-state index in [2.05, 4.69) is 0 Å². The molecule has 0 N–H and O–H groups in total. The SMILES string of the molecule is O=[N+]([O-])c1cccc(C23CC([B-](F)(F)F)(C2)C3)c1.[K+]. The molecule has 0 spiro atoms. The average molecular weight is 295 g/mol. The molecule has 0 heterocycles. The minimum atomic E-state index is -4.79. The molecule has 96 valence electrons. The monoisotopic (exact) mass is 295 g/mol. The Balaban J connectivity index is 0.00000133. The second kappa shape index (κ2) is 4.56. The van der Waals surface area contributed by atoms with Crippen LogP contribution in [0.5, 0.6) is 0 Å². The molecular formula is C11H10BF3KNO2. The van der Waals surface area contributed by atoms with E-state index in [1.54, 1.807) is 12.1 Å². The molecule has 0 amide bonds. The molecular weight excluding hydrogens is 285 g/mol. The van der Waals surface area contributed by atoms with Gasteiger partial charge in [-0.25, -0.2) is 0 Å². The van der Waals surface area contributed by atoms with E-state index in [9.17, 15) is 23.1 Å². The molecule has 3 aliphatic rings. The number of hydrogen-bond acceptors (Lipinski definition) is 2. The van der Waals surface area contributed by atoms with Crippen molar-refractivity contribution in [2.45, 2.75) is 30.0 Å². The number of halogens is 3. The van der Waals surface area contributed by atoms with E-state index in [1.165, 1.54) is 12.1 Å². The topological polar surface area (TPSA) is 43.1 Å². The predicted octanol–water partition coefficient (Wildman–Crippen LogP) is 0.622. The summed E-state index contributed by atoms with van der Waals surface area (Å²) in [6.07, 6.45) is 0.306. The van der Waals surface area contributed by atoms with E-state index in [0.717, 1.165) is 0 Å². The van der Waals surface area contributed by atoms with Crippen molar-refractivity contribution in [3.8, 4) is 0 Å². The van der Waals surface area contributed by atoms with Crippen LogP contribution in [0.1, 0.15) is 24.8 Å². The van der Waals surface area contributed by atoms with Crippen molar-refractivity contribution in [1.29, 1.82) is 0 Å². The van der Waals surface area contributed by atoms with Gasteiger partial charge in [0.15, 0.2) is 0 Å². The maximum atomic E-state index is 12.8. The zero-order valence-electron chi connectivity index (χ0n) is 10.4. The number of rotatable bonds is 3. The fourth-order valence-electron chi connectivity index (χ4n) is 3.47. The largest absolute Gasteiger partial charge is 1.00 e. The van der Waals surface area contributed by atoms with E-state index in [1.807, 2.05) is 0 Å². The maximum Gasteiger partial charge on any atom is 1.00 e. The summed E-state index contributed by atoms with van der Waals surface area (Å²) >= 11 is 0. The molecule has 8 heteroatoms. The molecule has 0 radical (unpaired) electrons. The Labute approximate surface area is 150 Å². The first-order valence-corrected chi connectivity index (χ1v) is 5.72. The maximum absolute atomic E-state index is 12.8. The van der Waals surface area contributed by atoms with Crippen LogP contribution in [0.4, 0.5) is 18.6 Å². The van der Waals surface area contributed by atoms with Crippen molar-refractivity contribution in [1.82, 2.24) is 0 Å². The summed E-state index contributed by atoms with van der Waals surface area (Å²) in [6, 6.07) is 6.00. The van der Waals surface area contributed by atoms with E-state index in [-0.39, 0.29) is 76.3 Å². The Hall–Kier alpha value is 0.111. The Morgan fingerprint density at radius 2 is 1.79 bits per heavy atom. The van der Waals surface area contributed by atoms with Gasteiger partial charge in [0, 0.05) is 12.1 Å². The molecule has 4 rings (SSSR count). The van der Waals surface area contributed by atoms with Crippen molar-refractivity contribution in [3.05, 3.63) is 39.9 Å². The Morgan fingerprint density at radius 1 is 1.21 bits per heavy atom. The number of benzene rings is 1. The van der Waals surface area contributed by atoms with Gasteiger partial charge in [0.05, 0.1) is 4.92 Å². The van der Waals surface area contributed by atoms with Gasteiger partial charge in [-0.05, 0) is 11.0 Å². The van der Waals surface area contributed by atoms with Crippen LogP contribution in [0, 0.1) is 10.1 Å². The summed E-state index contributed by atoms with van der Waals surface area (Å²) in [5.41, 5.74) is 0.172. The van der Waals surface area contributed by atoms with Gasteiger partial charge in [-0.1, -0.05) is 36.7 Å². The molecule has 0 unspecified atom stereocenters. The first-order valence-electron chi connectivity index (χ1n) is 5.72. The van der Waals surface area contributed by atoms with Gasteiger partial charge in [-0.3, -0.25) is 10.1 Å². The summed E-state index contributed by atoms with van der Waals surface area (Å²) < 4.78 is 38.3. The van der Waals surface area contributed by atoms with Crippen molar-refractivity contribution in [2.24, 2.45) is 0 Å². The molecule has 19 heavy (non-hydrogen) atoms. The number of hydrogen-bond donors (Lipinski definition) is 0. The first-order chi connectivity index (χ1) is 8.28. The number of nitro groups is 1. The third-order valence-corrected chi connectivity index (χ3v) is 4.44. The molecule has 0 aliphatic heterocycles. The Kier molecular flexibility index (Phi) is 3.72. The van der Waals surface area contributed by atoms with Gasteiger partial charge in [0.1, 0.15) is 0 Å². The van der Waals surface area contributed by atoms with Crippen LogP contribution in [-0.2, 0) is 5.41 Å². The van der Waals surface area contributed by atoms with Crippen LogP contribution < -0.4 is 51.4 Å². The number of non-ortho nitro benzene ring substituents is 1. The molecule has 1 aromatic rings. The molecule has 0 saturated heterocycles. The predicted molar refractivity (Wildman–Crippen MR) is 60.4 cm³/mol. The quantitative estimate of drug-likeness (QED) is 0.466. The standard InChI is InChI=1S/C11H10BF3NO2.K/c13-12(14,15)11-5-10(6-11,7-11)8-2-1-3-9(4-8)16(17)18;/h1-4H,5-7H2;/q-1;+1. The fraction of sp³-hybridized carbons (Fsp3) is 0.455. The average Bonchev–Trinajstić information content (AvgIpc) is 2.11. The fourth-order valence-corrected chi connectivity index (χ4v) is 3.47. The zero-order chi connectivity index (χ0) is 13.2. The summed E-state index contributed by atoms with van der Waals surface area (Å²) in [5, 5.41) is 9.20. The molecule has 1 aromatic carbocycles. The summed E-state index contributed by atoms with van der Waals surface area (Å²) in [7, 11) is 0. The summed E-state index contributed by atoms with van der Waals surface area (Å²) in [6.45, 7) is -4.79. The van der Waals surface area contributed by atoms with Crippen molar-refractivity contribution in [2.75, 3.05) is 0 Å². The van der Waals surface area contributed by atoms with Gasteiger partial charge in [-0.2, -0.15) is 0 Å². The molecule has 3 saturated carbocycles. The van der Waals surface area contributed by atoms with Crippen LogP contribution in [-0.4, -0.2) is 11.9 Å². The van der Waals surface area contributed by atoms with Gasteiger partial charge in [0.25, 0.3) is 5.69 Å². The number of nitro benzene ring substituents is 1. The van der Waals surface area contributed by atoms with Crippen molar-refractivity contribution in [3.63, 3.8) is 0 Å². The third kappa shape index (κ3) is 2.12. The van der Waals surface area contributed by atoms with E-state index < -0.39 is 22.6 Å². The first kappa shape index (κ1) is 15.5. The van der Waals surface area contributed by atoms with E-state index in [4.69, 9.17) is 0 Å². The second-order valence-corrected chi connectivity index (χ2v) is 5.56. The smallest absolute Gasteiger partial charge is 0.449 e. The molecule has 3 aliphatic carbocycles. The summed E-state index contributed by atoms with van der Waals surface area (Å²) in [5.74, 6) is 0. The van der Waals surface area contributed by atoms with Crippen molar-refractivity contribution < 1.29 is 69.3 Å². The van der Waals surface area contributed by atoms with Crippen LogP contribution in [0.3, 0.4) is 0 Å². The normalized spacial score (nSPS) is 31.7. The van der Waals surface area contributed by atoms with Crippen LogP contribution >= 0.6 is 0 Å². The Bertz CT molecular complexity index is 529. The molecule has 0 atom stereocenters. The van der Waals surface area contributed by atoms with Crippen LogP contribution in [0.25, 0.3) is 0 Å². The van der Waals surface area contributed by atoms with E-state index in [0.29, 0.717) is 5.56 Å². The van der Waals surface area contributed by atoms with Gasteiger partial charge in [-0.15, -0.1) is 0 Å². The molecule has 3 nitrogen and oxygen atoms in total. The van der Waals surface area contributed by atoms with Crippen LogP contribution in [0.15, 0.2) is 24.3 Å². The Morgan fingerprint density at radius 3 is 2.26 bits per heavy atom. The molecule has 2 bridgehead atoms. The second-order valence-electron chi connectivity index (χ2n) is 5.56. The van der Waals surface area contributed by atoms with E-state index >= 15 is 0 Å². The van der Waals surface area contributed by atoms with Gasteiger partial charge >= 0.3 is 58.4 Å². The summed E-state index contributed by atoms with van der Waals surface area (Å²) in [4.78, 5) is 10.1. The third-order valence-electron chi connectivity index (χ3n) is 4.44. The van der Waals surface area contributed by atoms with Gasteiger partial charge in [0.2, 0.25) is 0 Å². The van der Waals surface area contributed by atoms with Crippen LogP contribution in [0.2, 0.25) is 5.31 Å². The van der Waals surface area contributed by atoms with Crippen molar-refractivity contribution >= 4 is 12.7 Å². The molecule has 3 fully saturated rings. The minimum absolute atomic E-state index is 0. The molecule has 0 aromatic heterocycles. The zero-order valence-corrected chi connectivity index (χ0v) is 13.5. The number of nitrogens with zero attached hydrogens (tertiary/aromatic N) is 1. The van der Waals surface area contributed by atoms with Gasteiger partial charge < -0.3 is 12.9 Å².